The molecule has 2 aromatic carbocycles. The lowest BCUT2D eigenvalue weighted by Crippen LogP contribution is -2.43. The summed E-state index contributed by atoms with van der Waals surface area (Å²) in [6, 6.07) is 14.0. The number of ether oxygens (including phenoxy) is 3. The number of nitriles is 1. The van der Waals surface area contributed by atoms with Crippen molar-refractivity contribution in [3.63, 3.8) is 0 Å². The fourth-order valence-electron chi connectivity index (χ4n) is 2.42. The molecule has 0 aliphatic carbocycles. The van der Waals surface area contributed by atoms with E-state index in [0.29, 0.717) is 29.2 Å². The van der Waals surface area contributed by atoms with Gasteiger partial charge in [-0.2, -0.15) is 5.26 Å². The van der Waals surface area contributed by atoms with Crippen LogP contribution in [0.25, 0.3) is 0 Å². The lowest BCUT2D eigenvalue weighted by Gasteiger charge is -2.09. The standard InChI is InChI=1S/C19H17N3O5/c20-10-14-3-1-2-4-15(14)25-11-19(24)22-21-18(23)8-6-13-5-7-16-17(9-13)27-12-26-16/h1-5,7,9H,6,8,11-12H2,(H,21,23)(H,22,24). The average molecular weight is 367 g/mol. The lowest BCUT2D eigenvalue weighted by atomic mass is 10.1. The zero-order valence-electron chi connectivity index (χ0n) is 14.4. The van der Waals surface area contributed by atoms with Crippen molar-refractivity contribution in [3.05, 3.63) is 53.6 Å². The van der Waals surface area contributed by atoms with Gasteiger partial charge in [0, 0.05) is 6.42 Å². The zero-order chi connectivity index (χ0) is 19.1. The molecule has 0 spiro atoms. The SMILES string of the molecule is N#Cc1ccccc1OCC(=O)NNC(=O)CCc1ccc2c(c1)OCO2. The van der Waals surface area contributed by atoms with Gasteiger partial charge >= 0.3 is 0 Å². The fourth-order valence-corrected chi connectivity index (χ4v) is 2.42. The molecule has 0 saturated heterocycles. The molecule has 0 saturated carbocycles. The monoisotopic (exact) mass is 367 g/mol. The molecule has 0 radical (unpaired) electrons. The first-order valence-electron chi connectivity index (χ1n) is 8.24. The number of nitrogens with zero attached hydrogens (tertiary/aromatic N) is 1. The van der Waals surface area contributed by atoms with Gasteiger partial charge in [-0.05, 0) is 36.2 Å². The predicted octanol–water partition coefficient (Wildman–Crippen LogP) is 1.45. The fraction of sp³-hybridized carbons (Fsp3) is 0.211. The molecular formula is C19H17N3O5. The van der Waals surface area contributed by atoms with Crippen LogP contribution in [0.15, 0.2) is 42.5 Å². The average Bonchev–Trinajstić information content (AvgIpc) is 3.17. The summed E-state index contributed by atoms with van der Waals surface area (Å²) in [6.07, 6.45) is 0.683. The summed E-state index contributed by atoms with van der Waals surface area (Å²) < 4.78 is 15.8. The molecule has 0 aromatic heterocycles. The Bertz CT molecular complexity index is 891. The van der Waals surface area contributed by atoms with Gasteiger partial charge in [-0.3, -0.25) is 20.4 Å². The molecule has 2 aromatic rings. The molecule has 0 bridgehead atoms. The topological polar surface area (TPSA) is 110 Å². The highest BCUT2D eigenvalue weighted by atomic mass is 16.7. The smallest absolute Gasteiger partial charge is 0.276 e. The number of aryl methyl sites for hydroxylation is 1. The van der Waals surface area contributed by atoms with E-state index in [0.717, 1.165) is 5.56 Å². The van der Waals surface area contributed by atoms with Crippen LogP contribution in [0.4, 0.5) is 0 Å². The molecule has 0 fully saturated rings. The van der Waals surface area contributed by atoms with Gasteiger partial charge in [0.15, 0.2) is 18.1 Å². The van der Waals surface area contributed by atoms with E-state index < -0.39 is 5.91 Å². The van der Waals surface area contributed by atoms with Crippen LogP contribution in [0.3, 0.4) is 0 Å². The van der Waals surface area contributed by atoms with Crippen LogP contribution in [0.2, 0.25) is 0 Å². The van der Waals surface area contributed by atoms with Gasteiger partial charge in [0.25, 0.3) is 5.91 Å². The van der Waals surface area contributed by atoms with Crippen LogP contribution in [-0.4, -0.2) is 25.2 Å². The first kappa shape index (κ1) is 18.1. The van der Waals surface area contributed by atoms with Crippen molar-refractivity contribution in [1.29, 1.82) is 5.26 Å². The third kappa shape index (κ3) is 4.89. The largest absolute Gasteiger partial charge is 0.482 e. The minimum absolute atomic E-state index is 0.193. The number of benzene rings is 2. The Morgan fingerprint density at radius 3 is 2.70 bits per heavy atom. The summed E-state index contributed by atoms with van der Waals surface area (Å²) in [5, 5.41) is 8.96. The van der Waals surface area contributed by atoms with E-state index in [1.165, 1.54) is 0 Å². The van der Waals surface area contributed by atoms with Gasteiger partial charge in [0.2, 0.25) is 12.7 Å². The number of fused-ring (bicyclic) bond motifs is 1. The van der Waals surface area contributed by atoms with Crippen molar-refractivity contribution >= 4 is 11.8 Å². The minimum Gasteiger partial charge on any atom is -0.482 e. The van der Waals surface area contributed by atoms with Gasteiger partial charge in [-0.15, -0.1) is 0 Å². The summed E-state index contributed by atoms with van der Waals surface area (Å²) in [6.45, 7) is -0.118. The Labute approximate surface area is 155 Å². The van der Waals surface area contributed by atoms with Gasteiger partial charge in [-0.1, -0.05) is 18.2 Å². The Balaban J connectivity index is 1.38. The number of hydrogen-bond acceptors (Lipinski definition) is 6. The summed E-state index contributed by atoms with van der Waals surface area (Å²) in [5.41, 5.74) is 5.87. The summed E-state index contributed by atoms with van der Waals surface area (Å²) in [4.78, 5) is 23.6. The molecule has 8 heteroatoms. The van der Waals surface area contributed by atoms with E-state index in [2.05, 4.69) is 10.9 Å². The Morgan fingerprint density at radius 1 is 1.07 bits per heavy atom. The molecule has 1 aliphatic rings. The summed E-state index contributed by atoms with van der Waals surface area (Å²) in [5.74, 6) is 0.798. The molecule has 0 unspecified atom stereocenters. The van der Waals surface area contributed by atoms with Gasteiger partial charge < -0.3 is 14.2 Å². The van der Waals surface area contributed by atoms with E-state index in [1.54, 1.807) is 30.3 Å². The van der Waals surface area contributed by atoms with Crippen molar-refractivity contribution in [2.45, 2.75) is 12.8 Å². The van der Waals surface area contributed by atoms with Crippen molar-refractivity contribution in [2.24, 2.45) is 0 Å². The number of nitrogens with one attached hydrogen (secondary N) is 2. The number of para-hydroxylation sites is 1. The highest BCUT2D eigenvalue weighted by Crippen LogP contribution is 2.32. The highest BCUT2D eigenvalue weighted by molar-refractivity contribution is 5.82. The van der Waals surface area contributed by atoms with E-state index >= 15 is 0 Å². The minimum atomic E-state index is -0.529. The zero-order valence-corrected chi connectivity index (χ0v) is 14.4. The predicted molar refractivity (Wildman–Crippen MR) is 93.8 cm³/mol. The van der Waals surface area contributed by atoms with Crippen LogP contribution in [0.1, 0.15) is 17.5 Å². The van der Waals surface area contributed by atoms with Crippen molar-refractivity contribution in [2.75, 3.05) is 13.4 Å². The highest BCUT2D eigenvalue weighted by Gasteiger charge is 2.14. The second-order valence-electron chi connectivity index (χ2n) is 5.68. The number of hydrogen-bond donors (Lipinski definition) is 2. The maximum Gasteiger partial charge on any atom is 0.276 e. The normalized spacial score (nSPS) is 11.4. The number of amides is 2. The van der Waals surface area contributed by atoms with Crippen LogP contribution >= 0.6 is 0 Å². The molecule has 3 rings (SSSR count). The second-order valence-corrected chi connectivity index (χ2v) is 5.68. The molecule has 27 heavy (non-hydrogen) atoms. The maximum absolute atomic E-state index is 11.9. The first-order chi connectivity index (χ1) is 13.2. The third-order valence-corrected chi connectivity index (χ3v) is 3.79. The van der Waals surface area contributed by atoms with E-state index in [9.17, 15) is 9.59 Å². The van der Waals surface area contributed by atoms with Crippen LogP contribution in [0, 0.1) is 11.3 Å². The molecule has 8 nitrogen and oxygen atoms in total. The van der Waals surface area contributed by atoms with Crippen molar-refractivity contribution < 1.29 is 23.8 Å². The molecular weight excluding hydrogens is 350 g/mol. The number of carbonyl (C=O) groups is 2. The van der Waals surface area contributed by atoms with Gasteiger partial charge in [-0.25, -0.2) is 0 Å². The lowest BCUT2D eigenvalue weighted by molar-refractivity contribution is -0.130. The maximum atomic E-state index is 11.9. The van der Waals surface area contributed by atoms with Crippen LogP contribution in [-0.2, 0) is 16.0 Å². The molecule has 1 aliphatic heterocycles. The second kappa shape index (κ2) is 8.58. The molecule has 138 valence electrons. The quantitative estimate of drug-likeness (QED) is 0.748. The number of hydrazine groups is 1. The number of rotatable bonds is 6. The van der Waals surface area contributed by atoms with Crippen molar-refractivity contribution in [1.82, 2.24) is 10.9 Å². The van der Waals surface area contributed by atoms with Gasteiger partial charge in [0.05, 0.1) is 5.56 Å². The summed E-state index contributed by atoms with van der Waals surface area (Å²) in [7, 11) is 0. The van der Waals surface area contributed by atoms with Crippen LogP contribution < -0.4 is 25.1 Å². The molecule has 0 atom stereocenters. The van der Waals surface area contributed by atoms with E-state index in [1.807, 2.05) is 18.2 Å². The Morgan fingerprint density at radius 2 is 1.85 bits per heavy atom. The summed E-state index contributed by atoms with van der Waals surface area (Å²) >= 11 is 0. The molecule has 2 N–H and O–H groups in total. The van der Waals surface area contributed by atoms with Crippen LogP contribution in [0.5, 0.6) is 17.2 Å². The van der Waals surface area contributed by atoms with Gasteiger partial charge in [0.1, 0.15) is 11.8 Å². The first-order valence-corrected chi connectivity index (χ1v) is 8.24. The van der Waals surface area contributed by atoms with E-state index in [-0.39, 0.29) is 25.7 Å². The van der Waals surface area contributed by atoms with E-state index in [4.69, 9.17) is 19.5 Å². The molecule has 2 amide bonds. The Kier molecular flexibility index (Phi) is 5.74. The molecule has 1 heterocycles. The number of carbonyl (C=O) groups excluding carboxylic acids is 2. The third-order valence-electron chi connectivity index (χ3n) is 3.79. The Hall–Kier alpha value is -3.73. The van der Waals surface area contributed by atoms with Crippen molar-refractivity contribution in [3.8, 4) is 23.3 Å².